The Morgan fingerprint density at radius 3 is 0.935 bits per heavy atom. The van der Waals surface area contributed by atoms with Crippen molar-refractivity contribution in [3.05, 3.63) is 108 Å². The Morgan fingerprint density at radius 2 is 0.674 bits per heavy atom. The number of likely N-dealkylation sites (tertiary alicyclic amines) is 3. The third-order valence-corrected chi connectivity index (χ3v) is 12.1. The van der Waals surface area contributed by atoms with Crippen LogP contribution in [0.5, 0.6) is 0 Å². The van der Waals surface area contributed by atoms with E-state index in [1.807, 2.05) is 0 Å². The summed E-state index contributed by atoms with van der Waals surface area (Å²) in [6.07, 6.45) is 5.99. The second-order valence-electron chi connectivity index (χ2n) is 14.8. The van der Waals surface area contributed by atoms with E-state index >= 15 is 0 Å². The molecule has 6 fully saturated rings. The number of hydrogen-bond donors (Lipinski definition) is 0. The van der Waals surface area contributed by atoms with Crippen LogP contribution < -0.4 is 0 Å². The van der Waals surface area contributed by atoms with Crippen LogP contribution in [0.2, 0.25) is 0 Å². The molecule has 7 heteroatoms. The zero-order valence-electron chi connectivity index (χ0n) is 27.0. The third kappa shape index (κ3) is 5.16. The number of benzene rings is 3. The van der Waals surface area contributed by atoms with Crippen molar-refractivity contribution in [3.8, 4) is 0 Å². The molecule has 3 aromatic rings. The lowest BCUT2D eigenvalue weighted by atomic mass is 9.89. The van der Waals surface area contributed by atoms with Crippen LogP contribution in [0.4, 0.5) is 0 Å². The van der Waals surface area contributed by atoms with Crippen molar-refractivity contribution in [2.24, 2.45) is 0 Å². The number of hydrogen-bond acceptors (Lipinski definition) is 7. The summed E-state index contributed by atoms with van der Waals surface area (Å²) in [4.78, 5) is 10.4. The van der Waals surface area contributed by atoms with Crippen LogP contribution in [0.3, 0.4) is 0 Å². The molecule has 3 spiro atoms. The van der Waals surface area contributed by atoms with E-state index in [0.29, 0.717) is 0 Å². The molecule has 3 aromatic carbocycles. The van der Waals surface area contributed by atoms with Crippen LogP contribution in [0.15, 0.2) is 91.0 Å². The summed E-state index contributed by atoms with van der Waals surface area (Å²) in [5.74, 6) is 0. The Bertz CT molecular complexity index is 1290. The first kappa shape index (κ1) is 29.5. The number of ether oxygens (including phenoxy) is 3. The molecule has 0 aliphatic carbocycles. The van der Waals surface area contributed by atoms with Crippen LogP contribution in [0.25, 0.3) is 0 Å². The summed E-state index contributed by atoms with van der Waals surface area (Å²) in [5.41, 5.74) is 3.37. The Balaban J connectivity index is 0.943. The van der Waals surface area contributed by atoms with Crippen molar-refractivity contribution < 1.29 is 14.2 Å². The first-order chi connectivity index (χ1) is 22.6. The van der Waals surface area contributed by atoms with Crippen LogP contribution in [0.1, 0.15) is 55.2 Å². The average molecular weight is 621 g/mol. The smallest absolute Gasteiger partial charge is 0.145 e. The number of fused-ring (bicyclic) bond motifs is 3. The molecule has 0 aromatic heterocycles. The predicted octanol–water partition coefficient (Wildman–Crippen LogP) is 5.46. The molecule has 0 saturated carbocycles. The highest BCUT2D eigenvalue weighted by Gasteiger charge is 2.75. The van der Waals surface area contributed by atoms with Gasteiger partial charge >= 0.3 is 0 Å². The van der Waals surface area contributed by atoms with E-state index in [1.165, 1.54) is 16.7 Å². The van der Waals surface area contributed by atoms with Gasteiger partial charge in [-0.05, 0) is 55.2 Å². The normalized spacial score (nSPS) is 30.4. The maximum absolute atomic E-state index is 7.35. The van der Waals surface area contributed by atoms with Gasteiger partial charge in [-0.3, -0.25) is 14.7 Å². The molecule has 0 amide bonds. The van der Waals surface area contributed by atoms with Crippen molar-refractivity contribution >= 4 is 0 Å². The highest BCUT2D eigenvalue weighted by Crippen LogP contribution is 2.60. The maximum Gasteiger partial charge on any atom is 0.145 e. The Labute approximate surface area is 274 Å². The van der Waals surface area contributed by atoms with Gasteiger partial charge in [0.25, 0.3) is 0 Å². The Morgan fingerprint density at radius 1 is 0.413 bits per heavy atom. The number of piperidine rings is 3. The maximum atomic E-state index is 7.35. The quantitative estimate of drug-likeness (QED) is 0.363. The zero-order chi connectivity index (χ0) is 30.6. The van der Waals surface area contributed by atoms with Crippen LogP contribution in [0, 0.1) is 0 Å². The highest BCUT2D eigenvalue weighted by molar-refractivity contribution is 5.21. The summed E-state index contributed by atoms with van der Waals surface area (Å²) >= 11 is 0. The van der Waals surface area contributed by atoms with E-state index < -0.39 is 0 Å². The lowest BCUT2D eigenvalue weighted by molar-refractivity contribution is -0.173. The number of nitrogens with zero attached hydrogens (tertiary/aromatic N) is 4. The predicted molar refractivity (Wildman–Crippen MR) is 178 cm³/mol. The van der Waals surface area contributed by atoms with Gasteiger partial charge in [0.15, 0.2) is 0 Å². The van der Waals surface area contributed by atoms with Crippen molar-refractivity contribution in [1.29, 1.82) is 0 Å². The van der Waals surface area contributed by atoms with Crippen molar-refractivity contribution in [2.45, 2.75) is 93.6 Å². The van der Waals surface area contributed by atoms with E-state index in [1.54, 1.807) is 0 Å². The standard InChI is InChI=1S/C39H48N4O3/c1-4-10-31(11-5-1)28-40-22-16-37(17-23-40)34-43-35(44-37)38(18-24-41(25-19-38)29-32-12-6-2-7-13-32)46-36(43)39(45-34)20-26-42(27-21-39)30-33-14-8-3-9-15-33/h1-15,34-36H,16-30H2/t34-,35-,36-/m0/s1. The molecule has 0 radical (unpaired) electrons. The second kappa shape index (κ2) is 11.8. The van der Waals surface area contributed by atoms with Gasteiger partial charge in [-0.1, -0.05) is 91.0 Å². The fraction of sp³-hybridized carbons (Fsp3) is 0.538. The molecule has 6 aliphatic heterocycles. The monoisotopic (exact) mass is 620 g/mol. The van der Waals surface area contributed by atoms with E-state index in [0.717, 1.165) is 97.4 Å². The van der Waals surface area contributed by atoms with E-state index in [9.17, 15) is 0 Å². The van der Waals surface area contributed by atoms with Crippen molar-refractivity contribution in [3.63, 3.8) is 0 Å². The molecular formula is C39H48N4O3. The lowest BCUT2D eigenvalue weighted by Gasteiger charge is -2.43. The van der Waals surface area contributed by atoms with Gasteiger partial charge in [0, 0.05) is 58.9 Å². The summed E-state index contributed by atoms with van der Waals surface area (Å²) in [6.45, 7) is 9.24. The molecule has 0 bridgehead atoms. The molecular weight excluding hydrogens is 572 g/mol. The molecule has 6 heterocycles. The summed E-state index contributed by atoms with van der Waals surface area (Å²) in [6, 6.07) is 32.7. The molecule has 0 unspecified atom stereocenters. The average Bonchev–Trinajstić information content (AvgIpc) is 3.70. The first-order valence-corrected chi connectivity index (χ1v) is 17.7. The summed E-state index contributed by atoms with van der Waals surface area (Å²) in [5, 5.41) is 0. The Kier molecular flexibility index (Phi) is 7.58. The van der Waals surface area contributed by atoms with Crippen LogP contribution >= 0.6 is 0 Å². The van der Waals surface area contributed by atoms with Gasteiger partial charge in [-0.2, -0.15) is 0 Å². The van der Waals surface area contributed by atoms with Gasteiger partial charge in [0.2, 0.25) is 0 Å². The topological polar surface area (TPSA) is 40.6 Å². The van der Waals surface area contributed by atoms with Crippen LogP contribution in [-0.2, 0) is 33.8 Å². The molecule has 242 valence electrons. The van der Waals surface area contributed by atoms with E-state index in [2.05, 4.69) is 111 Å². The molecule has 46 heavy (non-hydrogen) atoms. The number of rotatable bonds is 6. The first-order valence-electron chi connectivity index (χ1n) is 17.7. The van der Waals surface area contributed by atoms with Crippen molar-refractivity contribution in [1.82, 2.24) is 19.6 Å². The van der Waals surface area contributed by atoms with Gasteiger partial charge in [-0.15, -0.1) is 0 Å². The minimum atomic E-state index is -0.265. The molecule has 6 saturated heterocycles. The summed E-state index contributed by atoms with van der Waals surface area (Å²) in [7, 11) is 0. The zero-order valence-corrected chi connectivity index (χ0v) is 27.0. The largest absolute Gasteiger partial charge is 0.349 e. The molecule has 6 aliphatic rings. The van der Waals surface area contributed by atoms with Gasteiger partial charge in [0.1, 0.15) is 35.5 Å². The minimum absolute atomic E-state index is 0.0243. The molecule has 3 atom stereocenters. The van der Waals surface area contributed by atoms with Gasteiger partial charge < -0.3 is 14.2 Å². The summed E-state index contributed by atoms with van der Waals surface area (Å²) < 4.78 is 22.0. The Hall–Kier alpha value is -2.62. The molecule has 0 N–H and O–H groups in total. The minimum Gasteiger partial charge on any atom is -0.349 e. The lowest BCUT2D eigenvalue weighted by Crippen LogP contribution is -2.53. The fourth-order valence-electron chi connectivity index (χ4n) is 9.42. The second-order valence-corrected chi connectivity index (χ2v) is 14.8. The van der Waals surface area contributed by atoms with Gasteiger partial charge in [-0.25, -0.2) is 4.90 Å². The van der Waals surface area contributed by atoms with E-state index in [-0.39, 0.29) is 35.5 Å². The van der Waals surface area contributed by atoms with E-state index in [4.69, 9.17) is 14.2 Å². The third-order valence-electron chi connectivity index (χ3n) is 12.1. The van der Waals surface area contributed by atoms with Crippen molar-refractivity contribution in [2.75, 3.05) is 39.3 Å². The highest BCUT2D eigenvalue weighted by atomic mass is 16.7. The molecule has 9 rings (SSSR count). The molecule has 7 nitrogen and oxygen atoms in total. The fourth-order valence-corrected chi connectivity index (χ4v) is 9.42. The van der Waals surface area contributed by atoms with Gasteiger partial charge in [0.05, 0.1) is 0 Å². The SMILES string of the molecule is c1ccc(CN2CCC3(CC2)O[C@@H]2N4[C@H]3OC3(CCN(Cc5ccccc5)CC3)[C@@H]4OC23CCN(Cc2ccccc2)CC3)cc1. The van der Waals surface area contributed by atoms with Crippen LogP contribution in [-0.4, -0.2) is 94.4 Å².